The van der Waals surface area contributed by atoms with Crippen LogP contribution in [0.4, 0.5) is 0 Å². The SMILES string of the molecule is CC/C=C\C/C=C\C/C=C\C/C=C\C/C=C\CCCCCCCCCCCCCCCCCCCCCCCCCCCC(=O)NC(COP(=O)([O-])OCC[N+](C)(C)C)C(O)/C=C/CCCCCCCCCCCCCCCCCCCC. The molecule has 0 aliphatic rings. The average Bonchev–Trinajstić information content (AvgIpc) is 3.49. The van der Waals surface area contributed by atoms with Crippen molar-refractivity contribution in [2.75, 3.05) is 40.9 Å². The van der Waals surface area contributed by atoms with E-state index in [2.05, 4.69) is 79.9 Å². The second kappa shape index (κ2) is 64.4. The second-order valence-corrected chi connectivity index (χ2v) is 27.0. The van der Waals surface area contributed by atoms with Crippen molar-refractivity contribution in [3.05, 3.63) is 72.9 Å². The third-order valence-electron chi connectivity index (χ3n) is 16.2. The molecule has 0 saturated carbocycles. The number of phosphoric acid groups is 1. The maximum atomic E-state index is 13.0. The van der Waals surface area contributed by atoms with Crippen molar-refractivity contribution in [1.29, 1.82) is 0 Å². The Labute approximate surface area is 516 Å². The van der Waals surface area contributed by atoms with Crippen molar-refractivity contribution in [2.24, 2.45) is 0 Å². The lowest BCUT2D eigenvalue weighted by Crippen LogP contribution is -2.45. The fourth-order valence-electron chi connectivity index (χ4n) is 10.7. The lowest BCUT2D eigenvalue weighted by molar-refractivity contribution is -0.870. The summed E-state index contributed by atoms with van der Waals surface area (Å²) in [6.45, 7) is 4.58. The first-order valence-corrected chi connectivity index (χ1v) is 37.3. The molecule has 486 valence electrons. The first kappa shape index (κ1) is 80.9. The van der Waals surface area contributed by atoms with Gasteiger partial charge in [-0.15, -0.1) is 0 Å². The third-order valence-corrected chi connectivity index (χ3v) is 17.1. The van der Waals surface area contributed by atoms with Crippen molar-refractivity contribution in [1.82, 2.24) is 5.32 Å². The summed E-state index contributed by atoms with van der Waals surface area (Å²) in [7, 11) is 1.27. The number of nitrogens with one attached hydrogen (secondary N) is 1. The van der Waals surface area contributed by atoms with Crippen molar-refractivity contribution in [3.8, 4) is 0 Å². The smallest absolute Gasteiger partial charge is 0.268 e. The molecule has 0 bridgehead atoms. The molecule has 0 aromatic carbocycles. The molecule has 3 atom stereocenters. The fraction of sp³-hybridized carbons (Fsp3) is 0.824. The number of carbonyl (C=O) groups excluding carboxylic acids is 1. The Morgan fingerprint density at radius 1 is 0.434 bits per heavy atom. The van der Waals surface area contributed by atoms with Gasteiger partial charge in [0.25, 0.3) is 7.82 Å². The van der Waals surface area contributed by atoms with Gasteiger partial charge in [0.05, 0.1) is 39.9 Å². The summed E-state index contributed by atoms with van der Waals surface area (Å²) < 4.78 is 23.4. The van der Waals surface area contributed by atoms with Gasteiger partial charge in [-0.25, -0.2) is 0 Å². The number of unbranched alkanes of at least 4 members (excludes halogenated alkanes) is 43. The molecule has 0 rings (SSSR count). The number of amides is 1. The molecule has 0 saturated heterocycles. The molecule has 2 N–H and O–H groups in total. The Balaban J connectivity index is 3.92. The van der Waals surface area contributed by atoms with Gasteiger partial charge in [-0.1, -0.05) is 344 Å². The highest BCUT2D eigenvalue weighted by Crippen LogP contribution is 2.38. The third kappa shape index (κ3) is 67.3. The molecule has 0 fully saturated rings. The minimum atomic E-state index is -4.60. The molecule has 1 amide bonds. The Morgan fingerprint density at radius 2 is 0.735 bits per heavy atom. The van der Waals surface area contributed by atoms with E-state index in [4.69, 9.17) is 9.05 Å². The number of likely N-dealkylation sites (N-methyl/N-ethyl adjacent to an activating group) is 1. The van der Waals surface area contributed by atoms with E-state index in [-0.39, 0.29) is 19.1 Å². The predicted octanol–water partition coefficient (Wildman–Crippen LogP) is 22.3. The molecule has 3 unspecified atom stereocenters. The van der Waals surface area contributed by atoms with Crippen molar-refractivity contribution in [3.63, 3.8) is 0 Å². The molecule has 83 heavy (non-hydrogen) atoms. The quantitative estimate of drug-likeness (QED) is 0.0272. The van der Waals surface area contributed by atoms with E-state index in [9.17, 15) is 19.4 Å². The summed E-state index contributed by atoms with van der Waals surface area (Å²) in [6, 6.07) is -0.887. The number of aliphatic hydroxyl groups is 1. The first-order valence-electron chi connectivity index (χ1n) is 35.8. The Kier molecular flexibility index (Phi) is 62.8. The largest absolute Gasteiger partial charge is 0.756 e. The van der Waals surface area contributed by atoms with Crippen LogP contribution < -0.4 is 10.2 Å². The summed E-state index contributed by atoms with van der Waals surface area (Å²) in [5.74, 6) is -0.191. The number of carbonyl (C=O) groups is 1. The van der Waals surface area contributed by atoms with Gasteiger partial charge in [0.15, 0.2) is 0 Å². The summed E-state index contributed by atoms with van der Waals surface area (Å²) in [5.41, 5.74) is 0. The van der Waals surface area contributed by atoms with Crippen LogP contribution in [0.1, 0.15) is 341 Å². The normalized spacial score (nSPS) is 14.1. The lowest BCUT2D eigenvalue weighted by atomic mass is 10.0. The van der Waals surface area contributed by atoms with Gasteiger partial charge in [-0.3, -0.25) is 9.36 Å². The second-order valence-electron chi connectivity index (χ2n) is 25.6. The first-order chi connectivity index (χ1) is 40.5. The maximum absolute atomic E-state index is 13.0. The predicted molar refractivity (Wildman–Crippen MR) is 362 cm³/mol. The van der Waals surface area contributed by atoms with Gasteiger partial charge < -0.3 is 28.8 Å². The van der Waals surface area contributed by atoms with E-state index in [0.29, 0.717) is 17.4 Å². The van der Waals surface area contributed by atoms with Crippen LogP contribution in [0, 0.1) is 0 Å². The maximum Gasteiger partial charge on any atom is 0.268 e. The van der Waals surface area contributed by atoms with E-state index < -0.39 is 20.0 Å². The molecule has 8 nitrogen and oxygen atoms in total. The molecule has 0 radical (unpaired) electrons. The number of rotatable bonds is 66. The zero-order valence-corrected chi connectivity index (χ0v) is 56.5. The van der Waals surface area contributed by atoms with Crippen LogP contribution in [-0.4, -0.2) is 68.5 Å². The molecular weight excluding hydrogens is 1040 g/mol. The number of quaternary nitrogens is 1. The van der Waals surface area contributed by atoms with Crippen LogP contribution in [0.3, 0.4) is 0 Å². The molecule has 0 aromatic rings. The van der Waals surface area contributed by atoms with Gasteiger partial charge in [-0.05, 0) is 64.2 Å². The van der Waals surface area contributed by atoms with E-state index in [1.165, 1.54) is 250 Å². The summed E-state index contributed by atoms with van der Waals surface area (Å²) in [6.07, 6.45) is 90.3. The number of hydrogen-bond acceptors (Lipinski definition) is 6. The highest BCUT2D eigenvalue weighted by Gasteiger charge is 2.23. The number of hydrogen-bond donors (Lipinski definition) is 2. The number of aliphatic hydroxyl groups excluding tert-OH is 1. The van der Waals surface area contributed by atoms with E-state index in [1.807, 2.05) is 27.2 Å². The van der Waals surface area contributed by atoms with Crippen LogP contribution in [0.2, 0.25) is 0 Å². The Hall–Kier alpha value is -2.06. The molecular formula is C74H139N2O6P. The van der Waals surface area contributed by atoms with Gasteiger partial charge in [-0.2, -0.15) is 0 Å². The van der Waals surface area contributed by atoms with Crippen LogP contribution in [0.25, 0.3) is 0 Å². The van der Waals surface area contributed by atoms with Crippen molar-refractivity contribution >= 4 is 13.7 Å². The van der Waals surface area contributed by atoms with Crippen molar-refractivity contribution < 1.29 is 32.9 Å². The molecule has 0 heterocycles. The number of phosphoric ester groups is 1. The van der Waals surface area contributed by atoms with E-state index in [1.54, 1.807) is 6.08 Å². The molecule has 9 heteroatoms. The molecule has 0 aromatic heterocycles. The lowest BCUT2D eigenvalue weighted by Gasteiger charge is -2.29. The highest BCUT2D eigenvalue weighted by molar-refractivity contribution is 7.45. The standard InChI is InChI=1S/C74H139N2O6P/c1-6-8-10-12-14-16-18-20-22-24-26-28-29-30-31-32-33-34-35-36-37-38-39-40-41-42-43-44-45-46-47-48-50-52-54-56-58-60-62-64-66-68-74(78)75-72(71-82-83(79,80)81-70-69-76(3,4)5)73(77)67-65-63-61-59-57-55-53-51-49-27-25-23-21-19-17-15-13-11-9-7-2/h8,10,14,16,20,22,26,28,30-31,65,67,72-73,77H,6-7,9,11-13,15,17-19,21,23-25,27,29,32-64,66,68-71H2,1-5H3,(H-,75,78,79,80)/b10-8-,16-14-,22-20-,28-26-,31-30-,67-65+. The fourth-order valence-corrected chi connectivity index (χ4v) is 11.4. The molecule has 0 aliphatic carbocycles. The Bertz CT molecular complexity index is 1580. The van der Waals surface area contributed by atoms with Crippen LogP contribution in [-0.2, 0) is 18.4 Å². The summed E-state index contributed by atoms with van der Waals surface area (Å²) in [4.78, 5) is 25.6. The molecule has 0 spiro atoms. The van der Waals surface area contributed by atoms with E-state index in [0.717, 1.165) is 70.6 Å². The van der Waals surface area contributed by atoms with E-state index >= 15 is 0 Å². The topological polar surface area (TPSA) is 108 Å². The van der Waals surface area contributed by atoms with Gasteiger partial charge in [0.1, 0.15) is 13.2 Å². The van der Waals surface area contributed by atoms with Crippen LogP contribution in [0.15, 0.2) is 72.9 Å². The molecule has 0 aliphatic heterocycles. The number of nitrogens with zero attached hydrogens (tertiary/aromatic N) is 1. The zero-order valence-electron chi connectivity index (χ0n) is 55.6. The van der Waals surface area contributed by atoms with Crippen molar-refractivity contribution in [2.45, 2.75) is 353 Å². The minimum absolute atomic E-state index is 0.0000887. The highest BCUT2D eigenvalue weighted by atomic mass is 31.2. The average molecular weight is 1180 g/mol. The summed E-state index contributed by atoms with van der Waals surface area (Å²) in [5, 5.41) is 14.0. The zero-order chi connectivity index (χ0) is 60.5. The number of allylic oxidation sites excluding steroid dienone is 11. The monoisotopic (exact) mass is 1180 g/mol. The summed E-state index contributed by atoms with van der Waals surface area (Å²) >= 11 is 0. The van der Waals surface area contributed by atoms with Gasteiger partial charge in [0.2, 0.25) is 5.91 Å². The van der Waals surface area contributed by atoms with Crippen LogP contribution >= 0.6 is 7.82 Å². The van der Waals surface area contributed by atoms with Crippen LogP contribution in [0.5, 0.6) is 0 Å². The van der Waals surface area contributed by atoms with Gasteiger partial charge in [0, 0.05) is 6.42 Å². The minimum Gasteiger partial charge on any atom is -0.756 e. The Morgan fingerprint density at radius 3 is 1.07 bits per heavy atom. The van der Waals surface area contributed by atoms with Gasteiger partial charge >= 0.3 is 0 Å².